The molecule has 1 atom stereocenters. The first-order valence-electron chi connectivity index (χ1n) is 7.88. The van der Waals surface area contributed by atoms with Crippen LogP contribution < -0.4 is 11.1 Å². The lowest BCUT2D eigenvalue weighted by Crippen LogP contribution is -2.39. The molecule has 2 amide bonds. The predicted octanol–water partition coefficient (Wildman–Crippen LogP) is 1.27. The number of carbonyl (C=O) groups excluding carboxylic acids is 2. The molecule has 20 heavy (non-hydrogen) atoms. The number of nitrogens with zero attached hydrogens (tertiary/aromatic N) is 1. The first kappa shape index (κ1) is 17.0. The van der Waals surface area contributed by atoms with Crippen molar-refractivity contribution in [2.45, 2.75) is 58.4 Å². The topological polar surface area (TPSA) is 75.4 Å². The lowest BCUT2D eigenvalue weighted by molar-refractivity contribution is -0.133. The Morgan fingerprint density at radius 3 is 2.30 bits per heavy atom. The smallest absolute Gasteiger partial charge is 0.223 e. The van der Waals surface area contributed by atoms with E-state index in [0.29, 0.717) is 18.9 Å². The summed E-state index contributed by atoms with van der Waals surface area (Å²) in [6, 6.07) is 0.0753. The van der Waals surface area contributed by atoms with Gasteiger partial charge in [0, 0.05) is 38.5 Å². The Morgan fingerprint density at radius 2 is 1.80 bits per heavy atom. The second-order valence-electron chi connectivity index (χ2n) is 5.69. The van der Waals surface area contributed by atoms with Crippen LogP contribution in [0.5, 0.6) is 0 Å². The van der Waals surface area contributed by atoms with Crippen LogP contribution in [0.4, 0.5) is 0 Å². The van der Waals surface area contributed by atoms with Gasteiger partial charge in [0.2, 0.25) is 11.8 Å². The molecule has 1 unspecified atom stereocenters. The number of carbonyl (C=O) groups is 2. The minimum atomic E-state index is -0.0672. The minimum Gasteiger partial charge on any atom is -0.355 e. The fourth-order valence-electron chi connectivity index (χ4n) is 2.29. The fraction of sp³-hybridized carbons (Fsp3) is 0.867. The number of nitrogens with one attached hydrogen (secondary N) is 1. The fourth-order valence-corrected chi connectivity index (χ4v) is 2.29. The lowest BCUT2D eigenvalue weighted by Gasteiger charge is -2.21. The molecule has 1 saturated carbocycles. The van der Waals surface area contributed by atoms with Gasteiger partial charge in [0.05, 0.1) is 0 Å². The van der Waals surface area contributed by atoms with Crippen molar-refractivity contribution < 1.29 is 9.59 Å². The van der Waals surface area contributed by atoms with E-state index in [4.69, 9.17) is 5.73 Å². The van der Waals surface area contributed by atoms with E-state index in [0.717, 1.165) is 25.9 Å². The standard InChI is InChI=1S/C15H29N3O2/c1-3-9-18(10-4-2)15(20)8-7-14(19)17-11-13(16)12-5-6-12/h12-13H,3-11,16H2,1-2H3,(H,17,19). The average Bonchev–Trinajstić information content (AvgIpc) is 3.26. The Labute approximate surface area is 122 Å². The van der Waals surface area contributed by atoms with Crippen LogP contribution in [0.2, 0.25) is 0 Å². The summed E-state index contributed by atoms with van der Waals surface area (Å²) in [6.07, 6.45) is 4.82. The molecule has 0 saturated heterocycles. The van der Waals surface area contributed by atoms with Gasteiger partial charge >= 0.3 is 0 Å². The molecule has 5 heteroatoms. The summed E-state index contributed by atoms with van der Waals surface area (Å²) < 4.78 is 0. The summed E-state index contributed by atoms with van der Waals surface area (Å²) in [7, 11) is 0. The molecule has 1 aliphatic carbocycles. The van der Waals surface area contributed by atoms with Crippen molar-refractivity contribution in [3.63, 3.8) is 0 Å². The highest BCUT2D eigenvalue weighted by Gasteiger charge is 2.28. The summed E-state index contributed by atoms with van der Waals surface area (Å²) in [4.78, 5) is 25.6. The molecule has 0 spiro atoms. The highest BCUT2D eigenvalue weighted by atomic mass is 16.2. The maximum absolute atomic E-state index is 12.0. The molecule has 0 radical (unpaired) electrons. The third-order valence-electron chi connectivity index (χ3n) is 3.67. The van der Waals surface area contributed by atoms with Crippen LogP contribution in [0, 0.1) is 5.92 Å². The molecule has 1 aliphatic rings. The van der Waals surface area contributed by atoms with Gasteiger partial charge in [-0.1, -0.05) is 13.8 Å². The molecule has 116 valence electrons. The zero-order chi connectivity index (χ0) is 15.0. The third kappa shape index (κ3) is 6.37. The van der Waals surface area contributed by atoms with Crippen molar-refractivity contribution in [1.29, 1.82) is 0 Å². The van der Waals surface area contributed by atoms with Gasteiger partial charge in [-0.2, -0.15) is 0 Å². The number of rotatable bonds is 10. The highest BCUT2D eigenvalue weighted by molar-refractivity contribution is 5.83. The molecule has 0 heterocycles. The van der Waals surface area contributed by atoms with Crippen molar-refractivity contribution in [3.8, 4) is 0 Å². The van der Waals surface area contributed by atoms with Gasteiger partial charge in [0.1, 0.15) is 0 Å². The molecule has 0 aromatic heterocycles. The second-order valence-corrected chi connectivity index (χ2v) is 5.69. The van der Waals surface area contributed by atoms with Crippen LogP contribution in [0.15, 0.2) is 0 Å². The maximum Gasteiger partial charge on any atom is 0.223 e. The monoisotopic (exact) mass is 283 g/mol. The first-order chi connectivity index (χ1) is 9.58. The molecule has 0 aliphatic heterocycles. The summed E-state index contributed by atoms with van der Waals surface area (Å²) >= 11 is 0. The Bertz CT molecular complexity index is 310. The van der Waals surface area contributed by atoms with Crippen LogP contribution in [-0.4, -0.2) is 42.4 Å². The van der Waals surface area contributed by atoms with E-state index in [1.54, 1.807) is 0 Å². The molecule has 0 aromatic rings. The zero-order valence-corrected chi connectivity index (χ0v) is 12.9. The van der Waals surface area contributed by atoms with E-state index in [2.05, 4.69) is 19.2 Å². The molecule has 3 N–H and O–H groups in total. The number of hydrogen-bond acceptors (Lipinski definition) is 3. The van der Waals surface area contributed by atoms with E-state index >= 15 is 0 Å². The molecule has 0 bridgehead atoms. The van der Waals surface area contributed by atoms with E-state index in [9.17, 15) is 9.59 Å². The first-order valence-corrected chi connectivity index (χ1v) is 7.88. The molecule has 1 rings (SSSR count). The van der Waals surface area contributed by atoms with Crippen LogP contribution in [0.25, 0.3) is 0 Å². The van der Waals surface area contributed by atoms with Crippen molar-refractivity contribution in [1.82, 2.24) is 10.2 Å². The van der Waals surface area contributed by atoms with Gasteiger partial charge in [0.25, 0.3) is 0 Å². The summed E-state index contributed by atoms with van der Waals surface area (Å²) in [6.45, 7) is 6.21. The number of nitrogens with two attached hydrogens (primary N) is 1. The number of amides is 2. The highest BCUT2D eigenvalue weighted by Crippen LogP contribution is 2.31. The SMILES string of the molecule is CCCN(CCC)C(=O)CCC(=O)NCC(N)C1CC1. The van der Waals surface area contributed by atoms with Gasteiger partial charge in [-0.25, -0.2) is 0 Å². The predicted molar refractivity (Wildman–Crippen MR) is 80.1 cm³/mol. The van der Waals surface area contributed by atoms with E-state index in [-0.39, 0.29) is 24.3 Å². The largest absolute Gasteiger partial charge is 0.355 e. The maximum atomic E-state index is 12.0. The molecular weight excluding hydrogens is 254 g/mol. The van der Waals surface area contributed by atoms with Gasteiger partial charge in [-0.15, -0.1) is 0 Å². The summed E-state index contributed by atoms with van der Waals surface area (Å²) in [5.74, 6) is 0.597. The van der Waals surface area contributed by atoms with Gasteiger partial charge < -0.3 is 16.0 Å². The molecule has 5 nitrogen and oxygen atoms in total. The van der Waals surface area contributed by atoms with Crippen LogP contribution >= 0.6 is 0 Å². The quantitative estimate of drug-likeness (QED) is 0.634. The Hall–Kier alpha value is -1.10. The summed E-state index contributed by atoms with van der Waals surface area (Å²) in [5, 5.41) is 2.83. The third-order valence-corrected chi connectivity index (χ3v) is 3.67. The molecule has 1 fully saturated rings. The molecule has 0 aromatic carbocycles. The van der Waals surface area contributed by atoms with Gasteiger partial charge in [-0.05, 0) is 31.6 Å². The van der Waals surface area contributed by atoms with E-state index < -0.39 is 0 Å². The van der Waals surface area contributed by atoms with E-state index in [1.807, 2.05) is 4.90 Å². The normalized spacial score (nSPS) is 15.8. The van der Waals surface area contributed by atoms with Crippen molar-refractivity contribution in [2.24, 2.45) is 11.7 Å². The van der Waals surface area contributed by atoms with Gasteiger partial charge in [0.15, 0.2) is 0 Å². The van der Waals surface area contributed by atoms with Crippen LogP contribution in [0.3, 0.4) is 0 Å². The summed E-state index contributed by atoms with van der Waals surface area (Å²) in [5.41, 5.74) is 5.92. The number of hydrogen-bond donors (Lipinski definition) is 2. The Balaban J connectivity index is 2.18. The van der Waals surface area contributed by atoms with Crippen molar-refractivity contribution >= 4 is 11.8 Å². The van der Waals surface area contributed by atoms with Crippen molar-refractivity contribution in [2.75, 3.05) is 19.6 Å². The van der Waals surface area contributed by atoms with E-state index in [1.165, 1.54) is 12.8 Å². The van der Waals surface area contributed by atoms with Crippen LogP contribution in [-0.2, 0) is 9.59 Å². The van der Waals surface area contributed by atoms with Gasteiger partial charge in [-0.3, -0.25) is 9.59 Å². The Kier molecular flexibility index (Phi) is 7.59. The van der Waals surface area contributed by atoms with Crippen LogP contribution in [0.1, 0.15) is 52.4 Å². The lowest BCUT2D eigenvalue weighted by atomic mass is 10.2. The zero-order valence-electron chi connectivity index (χ0n) is 12.9. The minimum absolute atomic E-state index is 0.0672. The second kappa shape index (κ2) is 8.95. The Morgan fingerprint density at radius 1 is 1.20 bits per heavy atom. The average molecular weight is 283 g/mol. The molecular formula is C15H29N3O2. The van der Waals surface area contributed by atoms with Crippen molar-refractivity contribution in [3.05, 3.63) is 0 Å².